The highest BCUT2D eigenvalue weighted by molar-refractivity contribution is 5.49. The molecule has 0 unspecified atom stereocenters. The summed E-state index contributed by atoms with van der Waals surface area (Å²) in [5.74, 6) is 0.853. The molecule has 0 spiro atoms. The Hall–Kier alpha value is -1.75. The van der Waals surface area contributed by atoms with Gasteiger partial charge in [0.1, 0.15) is 12.0 Å². The van der Waals surface area contributed by atoms with E-state index < -0.39 is 0 Å². The van der Waals surface area contributed by atoms with E-state index in [0.717, 1.165) is 17.1 Å². The van der Waals surface area contributed by atoms with Crippen molar-refractivity contribution in [1.82, 2.24) is 19.7 Å². The van der Waals surface area contributed by atoms with Crippen LogP contribution in [-0.4, -0.2) is 19.7 Å². The van der Waals surface area contributed by atoms with Crippen molar-refractivity contribution in [2.24, 2.45) is 5.73 Å². The lowest BCUT2D eigenvalue weighted by atomic mass is 10.2. The summed E-state index contributed by atoms with van der Waals surface area (Å²) in [6, 6.07) is 4.50. The SMILES string of the molecule is NCc1ccc(-c2nncn2C2CC2)nc1. The van der Waals surface area contributed by atoms with E-state index in [1.165, 1.54) is 12.8 Å². The smallest absolute Gasteiger partial charge is 0.182 e. The predicted octanol–water partition coefficient (Wildman–Crippen LogP) is 1.13. The largest absolute Gasteiger partial charge is 0.326 e. The van der Waals surface area contributed by atoms with Crippen LogP contribution >= 0.6 is 0 Å². The van der Waals surface area contributed by atoms with Gasteiger partial charge in [-0.1, -0.05) is 6.07 Å². The molecule has 0 atom stereocenters. The van der Waals surface area contributed by atoms with E-state index in [1.54, 1.807) is 12.5 Å². The Balaban J connectivity index is 1.97. The number of hydrogen-bond donors (Lipinski definition) is 1. The molecular formula is C11H13N5. The third-order valence-electron chi connectivity index (χ3n) is 2.80. The minimum absolute atomic E-state index is 0.516. The lowest BCUT2D eigenvalue weighted by molar-refractivity contribution is 0.743. The second-order valence-corrected chi connectivity index (χ2v) is 4.05. The maximum Gasteiger partial charge on any atom is 0.182 e. The van der Waals surface area contributed by atoms with Gasteiger partial charge in [-0.05, 0) is 24.5 Å². The number of nitrogens with two attached hydrogens (primary N) is 1. The van der Waals surface area contributed by atoms with E-state index in [-0.39, 0.29) is 0 Å². The second kappa shape index (κ2) is 3.68. The van der Waals surface area contributed by atoms with Gasteiger partial charge in [0.15, 0.2) is 5.82 Å². The van der Waals surface area contributed by atoms with Gasteiger partial charge in [0.05, 0.1) is 0 Å². The quantitative estimate of drug-likeness (QED) is 0.833. The highest BCUT2D eigenvalue weighted by atomic mass is 15.3. The van der Waals surface area contributed by atoms with Crippen LogP contribution in [0.2, 0.25) is 0 Å². The summed E-state index contributed by atoms with van der Waals surface area (Å²) in [4.78, 5) is 4.36. The first-order valence-corrected chi connectivity index (χ1v) is 5.43. The van der Waals surface area contributed by atoms with E-state index in [1.807, 2.05) is 12.1 Å². The van der Waals surface area contributed by atoms with Crippen molar-refractivity contribution in [1.29, 1.82) is 0 Å². The fraction of sp³-hybridized carbons (Fsp3) is 0.364. The van der Waals surface area contributed by atoms with Crippen LogP contribution < -0.4 is 5.73 Å². The van der Waals surface area contributed by atoms with Crippen molar-refractivity contribution in [3.05, 3.63) is 30.2 Å². The molecule has 1 saturated carbocycles. The molecule has 0 amide bonds. The molecule has 5 nitrogen and oxygen atoms in total. The first kappa shape index (κ1) is 9.47. The lowest BCUT2D eigenvalue weighted by Gasteiger charge is -2.04. The number of pyridine rings is 1. The Kier molecular flexibility index (Phi) is 2.18. The average molecular weight is 215 g/mol. The third kappa shape index (κ3) is 1.59. The second-order valence-electron chi connectivity index (χ2n) is 4.05. The van der Waals surface area contributed by atoms with Gasteiger partial charge in [-0.2, -0.15) is 0 Å². The standard InChI is InChI=1S/C11H13N5/c12-5-8-1-4-10(13-6-8)11-15-14-7-16(11)9-2-3-9/h1,4,6-7,9H,2-3,5,12H2. The molecule has 1 aliphatic carbocycles. The van der Waals surface area contributed by atoms with Gasteiger partial charge in [-0.25, -0.2) is 0 Å². The number of rotatable bonds is 3. The summed E-state index contributed by atoms with van der Waals surface area (Å²) >= 11 is 0. The monoisotopic (exact) mass is 215 g/mol. The molecular weight excluding hydrogens is 202 g/mol. The molecule has 1 fully saturated rings. The third-order valence-corrected chi connectivity index (χ3v) is 2.80. The number of nitrogens with zero attached hydrogens (tertiary/aromatic N) is 4. The van der Waals surface area contributed by atoms with Crippen LogP contribution in [0.1, 0.15) is 24.4 Å². The molecule has 16 heavy (non-hydrogen) atoms. The summed E-state index contributed by atoms with van der Waals surface area (Å²) < 4.78 is 2.10. The highest BCUT2D eigenvalue weighted by Crippen LogP contribution is 2.37. The van der Waals surface area contributed by atoms with Crippen molar-refractivity contribution in [3.63, 3.8) is 0 Å². The van der Waals surface area contributed by atoms with Crippen LogP contribution in [0.3, 0.4) is 0 Å². The first-order valence-electron chi connectivity index (χ1n) is 5.43. The van der Waals surface area contributed by atoms with Crippen molar-refractivity contribution in [3.8, 4) is 11.5 Å². The predicted molar refractivity (Wildman–Crippen MR) is 59.4 cm³/mol. The van der Waals surface area contributed by atoms with Gasteiger partial charge in [-0.3, -0.25) is 4.98 Å². The van der Waals surface area contributed by atoms with Crippen LogP contribution in [0, 0.1) is 0 Å². The Morgan fingerprint density at radius 2 is 2.25 bits per heavy atom. The first-order chi connectivity index (χ1) is 7.88. The molecule has 0 saturated heterocycles. The number of hydrogen-bond acceptors (Lipinski definition) is 4. The maximum atomic E-state index is 5.53. The van der Waals surface area contributed by atoms with Crippen LogP contribution in [0.25, 0.3) is 11.5 Å². The molecule has 0 bridgehead atoms. The average Bonchev–Trinajstić information content (AvgIpc) is 3.07. The van der Waals surface area contributed by atoms with Crippen LogP contribution in [0.5, 0.6) is 0 Å². The normalized spacial score (nSPS) is 15.3. The molecule has 2 aromatic heterocycles. The minimum atomic E-state index is 0.516. The van der Waals surface area contributed by atoms with E-state index in [2.05, 4.69) is 19.7 Å². The Labute approximate surface area is 93.3 Å². The molecule has 82 valence electrons. The Bertz CT molecular complexity index is 483. The summed E-state index contributed by atoms with van der Waals surface area (Å²) in [5, 5.41) is 8.07. The van der Waals surface area contributed by atoms with Crippen LogP contribution in [0.15, 0.2) is 24.7 Å². The zero-order chi connectivity index (χ0) is 11.0. The van der Waals surface area contributed by atoms with Gasteiger partial charge >= 0.3 is 0 Å². The molecule has 1 aliphatic rings. The van der Waals surface area contributed by atoms with Crippen molar-refractivity contribution in [2.75, 3.05) is 0 Å². The van der Waals surface area contributed by atoms with Gasteiger partial charge in [0, 0.05) is 18.8 Å². The fourth-order valence-electron chi connectivity index (χ4n) is 1.72. The van der Waals surface area contributed by atoms with E-state index >= 15 is 0 Å². The van der Waals surface area contributed by atoms with Crippen molar-refractivity contribution in [2.45, 2.75) is 25.4 Å². The van der Waals surface area contributed by atoms with E-state index in [4.69, 9.17) is 5.73 Å². The molecule has 5 heteroatoms. The van der Waals surface area contributed by atoms with Gasteiger partial charge < -0.3 is 10.3 Å². The summed E-state index contributed by atoms with van der Waals surface area (Å²) in [6.45, 7) is 0.516. The molecule has 2 heterocycles. The highest BCUT2D eigenvalue weighted by Gasteiger charge is 2.26. The molecule has 2 aromatic rings. The van der Waals surface area contributed by atoms with Crippen molar-refractivity contribution < 1.29 is 0 Å². The van der Waals surface area contributed by atoms with E-state index in [0.29, 0.717) is 12.6 Å². The molecule has 0 aromatic carbocycles. The van der Waals surface area contributed by atoms with Crippen LogP contribution in [0.4, 0.5) is 0 Å². The zero-order valence-corrected chi connectivity index (χ0v) is 8.87. The van der Waals surface area contributed by atoms with Gasteiger partial charge in [0.2, 0.25) is 0 Å². The Morgan fingerprint density at radius 1 is 1.38 bits per heavy atom. The molecule has 0 aliphatic heterocycles. The minimum Gasteiger partial charge on any atom is -0.326 e. The Morgan fingerprint density at radius 3 is 2.88 bits per heavy atom. The molecule has 3 rings (SSSR count). The maximum absolute atomic E-state index is 5.53. The lowest BCUT2D eigenvalue weighted by Crippen LogP contribution is -2.00. The van der Waals surface area contributed by atoms with Crippen molar-refractivity contribution >= 4 is 0 Å². The fourth-order valence-corrected chi connectivity index (χ4v) is 1.72. The number of aromatic nitrogens is 4. The van der Waals surface area contributed by atoms with Crippen LogP contribution in [-0.2, 0) is 6.54 Å². The summed E-state index contributed by atoms with van der Waals surface area (Å²) in [6.07, 6.45) is 6.00. The zero-order valence-electron chi connectivity index (χ0n) is 8.87. The van der Waals surface area contributed by atoms with Gasteiger partial charge in [-0.15, -0.1) is 10.2 Å². The topological polar surface area (TPSA) is 69.6 Å². The van der Waals surface area contributed by atoms with Gasteiger partial charge in [0.25, 0.3) is 0 Å². The molecule has 0 radical (unpaired) electrons. The molecule has 2 N–H and O–H groups in total. The summed E-state index contributed by atoms with van der Waals surface area (Å²) in [7, 11) is 0. The van der Waals surface area contributed by atoms with E-state index in [9.17, 15) is 0 Å². The summed E-state index contributed by atoms with van der Waals surface area (Å²) in [5.41, 5.74) is 7.43.